The highest BCUT2D eigenvalue weighted by atomic mass is 16.3. The molecule has 1 heterocycles. The first-order chi connectivity index (χ1) is 13.0. The van der Waals surface area contributed by atoms with Crippen LogP contribution in [0.2, 0.25) is 0 Å². The number of carbonyl (C=O) groups is 2. The van der Waals surface area contributed by atoms with Crippen LogP contribution in [0.15, 0.2) is 52.7 Å². The largest absolute Gasteiger partial charge is 0.511 e. The fourth-order valence-electron chi connectivity index (χ4n) is 3.22. The summed E-state index contributed by atoms with van der Waals surface area (Å²) in [5.74, 6) is -1.46. The van der Waals surface area contributed by atoms with Gasteiger partial charge in [-0.15, -0.1) is 0 Å². The van der Waals surface area contributed by atoms with E-state index in [2.05, 4.69) is 4.98 Å². The van der Waals surface area contributed by atoms with Crippen molar-refractivity contribution >= 4 is 11.6 Å². The maximum atomic E-state index is 13.0. The molecule has 0 amide bonds. The number of aromatic nitrogens is 2. The minimum Gasteiger partial charge on any atom is -0.511 e. The van der Waals surface area contributed by atoms with Crippen molar-refractivity contribution in [2.45, 2.75) is 45.6 Å². The monoisotopic (exact) mass is 366 g/mol. The summed E-state index contributed by atoms with van der Waals surface area (Å²) in [6.45, 7) is 2.46. The Hall–Kier alpha value is -3.02. The van der Waals surface area contributed by atoms with Crippen molar-refractivity contribution in [2.75, 3.05) is 0 Å². The molecule has 1 N–H and O–H groups in total. The fourth-order valence-corrected chi connectivity index (χ4v) is 3.22. The molecule has 0 spiro atoms. The number of nitrogens with zero attached hydrogens (tertiary/aromatic N) is 2. The summed E-state index contributed by atoms with van der Waals surface area (Å²) < 4.78 is 1.53. The second kappa shape index (κ2) is 8.12. The summed E-state index contributed by atoms with van der Waals surface area (Å²) in [5.41, 5.74) is 0.309. The van der Waals surface area contributed by atoms with Gasteiger partial charge in [0.25, 0.3) is 5.56 Å². The van der Waals surface area contributed by atoms with E-state index in [1.807, 2.05) is 37.3 Å². The third-order valence-corrected chi connectivity index (χ3v) is 4.69. The molecule has 3 rings (SSSR count). The maximum Gasteiger partial charge on any atom is 0.281 e. The smallest absolute Gasteiger partial charge is 0.281 e. The van der Waals surface area contributed by atoms with Crippen molar-refractivity contribution in [3.63, 3.8) is 0 Å². The van der Waals surface area contributed by atoms with E-state index in [-0.39, 0.29) is 29.9 Å². The van der Waals surface area contributed by atoms with E-state index in [1.165, 1.54) is 10.8 Å². The summed E-state index contributed by atoms with van der Waals surface area (Å²) in [6, 6.07) is 9.37. The summed E-state index contributed by atoms with van der Waals surface area (Å²) >= 11 is 0. The van der Waals surface area contributed by atoms with Crippen LogP contribution in [0.1, 0.15) is 49.5 Å². The Morgan fingerprint density at radius 1 is 1.19 bits per heavy atom. The number of allylic oxidation sites excluding steroid dienone is 2. The van der Waals surface area contributed by atoms with Crippen LogP contribution < -0.4 is 5.56 Å². The number of hydrogen-bond acceptors (Lipinski definition) is 5. The van der Waals surface area contributed by atoms with Crippen LogP contribution in [0.3, 0.4) is 0 Å². The zero-order valence-electron chi connectivity index (χ0n) is 15.3. The van der Waals surface area contributed by atoms with Crippen molar-refractivity contribution in [3.8, 4) is 11.3 Å². The minimum absolute atomic E-state index is 0.192. The molecule has 0 bridgehead atoms. The molecule has 0 aliphatic heterocycles. The van der Waals surface area contributed by atoms with Gasteiger partial charge < -0.3 is 9.67 Å². The van der Waals surface area contributed by atoms with Gasteiger partial charge in [-0.2, -0.15) is 0 Å². The van der Waals surface area contributed by atoms with Crippen molar-refractivity contribution < 1.29 is 14.7 Å². The van der Waals surface area contributed by atoms with Crippen LogP contribution in [-0.4, -0.2) is 26.2 Å². The van der Waals surface area contributed by atoms with Crippen LogP contribution in [0.4, 0.5) is 0 Å². The number of unbranched alkanes of at least 4 members (excludes halogenated alkanes) is 1. The molecule has 2 aromatic rings. The van der Waals surface area contributed by atoms with Crippen molar-refractivity contribution in [2.24, 2.45) is 0 Å². The lowest BCUT2D eigenvalue weighted by Gasteiger charge is -2.16. The highest BCUT2D eigenvalue weighted by Crippen LogP contribution is 2.23. The average molecular weight is 366 g/mol. The van der Waals surface area contributed by atoms with Gasteiger partial charge in [-0.25, -0.2) is 4.98 Å². The summed E-state index contributed by atoms with van der Waals surface area (Å²) in [4.78, 5) is 42.0. The predicted molar refractivity (Wildman–Crippen MR) is 102 cm³/mol. The van der Waals surface area contributed by atoms with Gasteiger partial charge in [0.1, 0.15) is 11.3 Å². The van der Waals surface area contributed by atoms with Gasteiger partial charge >= 0.3 is 0 Å². The lowest BCUT2D eigenvalue weighted by Crippen LogP contribution is -2.32. The first kappa shape index (κ1) is 18.8. The topological polar surface area (TPSA) is 89.3 Å². The van der Waals surface area contributed by atoms with E-state index >= 15 is 0 Å². The molecular formula is C21H22N2O4. The first-order valence-corrected chi connectivity index (χ1v) is 9.19. The molecular weight excluding hydrogens is 344 g/mol. The van der Waals surface area contributed by atoms with Gasteiger partial charge in [0.15, 0.2) is 11.5 Å². The van der Waals surface area contributed by atoms with Crippen LogP contribution in [-0.2, 0) is 11.3 Å². The Labute approximate surface area is 157 Å². The van der Waals surface area contributed by atoms with Gasteiger partial charge in [-0.05, 0) is 18.4 Å². The molecule has 6 nitrogen and oxygen atoms in total. The van der Waals surface area contributed by atoms with E-state index in [4.69, 9.17) is 0 Å². The Bertz CT molecular complexity index is 958. The third kappa shape index (κ3) is 3.74. The molecule has 0 saturated heterocycles. The summed E-state index contributed by atoms with van der Waals surface area (Å²) in [5, 5.41) is 10.0. The van der Waals surface area contributed by atoms with Gasteiger partial charge in [0, 0.05) is 19.4 Å². The fraction of sp³-hybridized carbons (Fsp3) is 0.333. The van der Waals surface area contributed by atoms with E-state index in [1.54, 1.807) is 0 Å². The number of Topliss-reactive ketones (excluding diaryl/α,β-unsaturated/α-hetero) is 2. The highest BCUT2D eigenvalue weighted by Gasteiger charge is 2.30. The molecule has 0 atom stereocenters. The van der Waals surface area contributed by atoms with Crippen LogP contribution in [0, 0.1) is 0 Å². The van der Waals surface area contributed by atoms with Crippen LogP contribution >= 0.6 is 0 Å². The van der Waals surface area contributed by atoms with E-state index < -0.39 is 17.1 Å². The second-order valence-electron chi connectivity index (χ2n) is 6.60. The van der Waals surface area contributed by atoms with E-state index in [0.29, 0.717) is 18.7 Å². The Morgan fingerprint density at radius 2 is 1.93 bits per heavy atom. The molecule has 0 fully saturated rings. The molecule has 0 unspecified atom stereocenters. The third-order valence-electron chi connectivity index (χ3n) is 4.69. The molecule has 27 heavy (non-hydrogen) atoms. The quantitative estimate of drug-likeness (QED) is 0.625. The number of benzene rings is 1. The molecule has 140 valence electrons. The SMILES string of the molecule is CCCCn1c(-c2ccccc2)cnc(C(=O)C2=C(O)CCCC2=O)c1=O. The predicted octanol–water partition coefficient (Wildman–Crippen LogP) is 3.46. The van der Waals surface area contributed by atoms with Crippen molar-refractivity contribution in [1.82, 2.24) is 9.55 Å². The molecule has 6 heteroatoms. The molecule has 1 aromatic heterocycles. The van der Waals surface area contributed by atoms with Crippen LogP contribution in [0.5, 0.6) is 0 Å². The molecule has 1 aromatic carbocycles. The molecule has 1 aliphatic carbocycles. The number of rotatable bonds is 6. The van der Waals surface area contributed by atoms with Gasteiger partial charge in [-0.1, -0.05) is 43.7 Å². The zero-order chi connectivity index (χ0) is 19.4. The number of ketones is 2. The Kier molecular flexibility index (Phi) is 5.64. The number of carbonyl (C=O) groups excluding carboxylic acids is 2. The maximum absolute atomic E-state index is 13.0. The van der Waals surface area contributed by atoms with Gasteiger partial charge in [0.2, 0.25) is 5.78 Å². The van der Waals surface area contributed by atoms with Crippen LogP contribution in [0.25, 0.3) is 11.3 Å². The van der Waals surface area contributed by atoms with Crippen molar-refractivity contribution in [3.05, 3.63) is 63.9 Å². The first-order valence-electron chi connectivity index (χ1n) is 9.19. The van der Waals surface area contributed by atoms with Gasteiger partial charge in [0.05, 0.1) is 11.9 Å². The Morgan fingerprint density at radius 3 is 2.59 bits per heavy atom. The lowest BCUT2D eigenvalue weighted by molar-refractivity contribution is -0.116. The number of hydrogen-bond donors (Lipinski definition) is 1. The highest BCUT2D eigenvalue weighted by molar-refractivity contribution is 6.26. The average Bonchev–Trinajstić information content (AvgIpc) is 2.67. The van der Waals surface area contributed by atoms with Gasteiger partial charge in [-0.3, -0.25) is 14.4 Å². The number of aliphatic hydroxyl groups is 1. The van der Waals surface area contributed by atoms with Crippen molar-refractivity contribution in [1.29, 1.82) is 0 Å². The summed E-state index contributed by atoms with van der Waals surface area (Å²) in [6.07, 6.45) is 4.10. The standard InChI is InChI=1S/C21H22N2O4/c1-2-3-12-23-15(14-8-5-4-6-9-14)13-22-19(21(23)27)20(26)18-16(24)10-7-11-17(18)25/h4-6,8-9,13,24H,2-3,7,10-12H2,1H3. The minimum atomic E-state index is -0.785. The molecule has 1 aliphatic rings. The second-order valence-corrected chi connectivity index (χ2v) is 6.60. The number of aliphatic hydroxyl groups excluding tert-OH is 1. The normalized spacial score (nSPS) is 14.5. The van der Waals surface area contributed by atoms with E-state index in [0.717, 1.165) is 18.4 Å². The molecule has 0 saturated carbocycles. The van der Waals surface area contributed by atoms with E-state index in [9.17, 15) is 19.5 Å². The molecule has 0 radical (unpaired) electrons. The Balaban J connectivity index is 2.12. The zero-order valence-corrected chi connectivity index (χ0v) is 15.3. The summed E-state index contributed by atoms with van der Waals surface area (Å²) in [7, 11) is 0. The lowest BCUT2D eigenvalue weighted by atomic mass is 9.92.